The van der Waals surface area contributed by atoms with E-state index >= 15 is 0 Å². The first kappa shape index (κ1) is 14.1. The standard InChI is InChI=1S/C14H17BrN2O2/c1-3-16-8-11-7-12(19-17-11)9-18-14-5-4-10(2)6-13(14)15/h4-7,16H,3,8-9H2,1-2H3. The van der Waals surface area contributed by atoms with Crippen LogP contribution in [-0.4, -0.2) is 11.7 Å². The van der Waals surface area contributed by atoms with Crippen LogP contribution < -0.4 is 10.1 Å². The number of ether oxygens (including phenoxy) is 1. The molecule has 1 aromatic carbocycles. The quantitative estimate of drug-likeness (QED) is 0.884. The van der Waals surface area contributed by atoms with Gasteiger partial charge in [-0.25, -0.2) is 0 Å². The molecule has 0 atom stereocenters. The predicted molar refractivity (Wildman–Crippen MR) is 77.1 cm³/mol. The van der Waals surface area contributed by atoms with Gasteiger partial charge in [-0.3, -0.25) is 0 Å². The largest absolute Gasteiger partial charge is 0.484 e. The van der Waals surface area contributed by atoms with Gasteiger partial charge in [0.05, 0.1) is 10.2 Å². The third-order valence-electron chi connectivity index (χ3n) is 2.62. The van der Waals surface area contributed by atoms with E-state index in [0.717, 1.165) is 28.2 Å². The monoisotopic (exact) mass is 324 g/mol. The van der Waals surface area contributed by atoms with Gasteiger partial charge in [-0.2, -0.15) is 0 Å². The third kappa shape index (κ3) is 4.08. The van der Waals surface area contributed by atoms with Gasteiger partial charge in [0, 0.05) is 12.6 Å². The van der Waals surface area contributed by atoms with Crippen LogP contribution in [0.25, 0.3) is 0 Å². The second-order valence-corrected chi connectivity index (χ2v) is 5.14. The van der Waals surface area contributed by atoms with Gasteiger partial charge in [0.2, 0.25) is 0 Å². The van der Waals surface area contributed by atoms with Crippen molar-refractivity contribution in [2.24, 2.45) is 0 Å². The minimum Gasteiger partial charge on any atom is -0.484 e. The average molecular weight is 325 g/mol. The summed E-state index contributed by atoms with van der Waals surface area (Å²) in [5.74, 6) is 1.52. The van der Waals surface area contributed by atoms with E-state index in [9.17, 15) is 0 Å². The molecule has 1 heterocycles. The lowest BCUT2D eigenvalue weighted by Crippen LogP contribution is -2.11. The van der Waals surface area contributed by atoms with Crippen LogP contribution in [0.3, 0.4) is 0 Å². The van der Waals surface area contributed by atoms with Crippen molar-refractivity contribution in [3.63, 3.8) is 0 Å². The lowest BCUT2D eigenvalue weighted by atomic mass is 10.2. The van der Waals surface area contributed by atoms with Crippen molar-refractivity contribution >= 4 is 15.9 Å². The zero-order valence-corrected chi connectivity index (χ0v) is 12.7. The zero-order chi connectivity index (χ0) is 13.7. The Labute approximate surface area is 121 Å². The Balaban J connectivity index is 1.92. The Hall–Kier alpha value is -1.33. The van der Waals surface area contributed by atoms with Crippen molar-refractivity contribution in [1.82, 2.24) is 10.5 Å². The highest BCUT2D eigenvalue weighted by atomic mass is 79.9. The van der Waals surface area contributed by atoms with E-state index in [1.54, 1.807) is 0 Å². The summed E-state index contributed by atoms with van der Waals surface area (Å²) in [6.45, 7) is 6.10. The van der Waals surface area contributed by atoms with E-state index in [4.69, 9.17) is 9.26 Å². The number of aryl methyl sites for hydroxylation is 1. The van der Waals surface area contributed by atoms with Crippen molar-refractivity contribution in [2.75, 3.05) is 6.54 Å². The first-order chi connectivity index (χ1) is 9.19. The van der Waals surface area contributed by atoms with Crippen LogP contribution in [0.15, 0.2) is 33.3 Å². The summed E-state index contributed by atoms with van der Waals surface area (Å²) in [7, 11) is 0. The molecule has 102 valence electrons. The van der Waals surface area contributed by atoms with Gasteiger partial charge in [0.15, 0.2) is 5.76 Å². The Bertz CT molecular complexity index is 540. The predicted octanol–water partition coefficient (Wildman–Crippen LogP) is 3.43. The molecule has 1 N–H and O–H groups in total. The number of hydrogen-bond donors (Lipinski definition) is 1. The summed E-state index contributed by atoms with van der Waals surface area (Å²) < 4.78 is 11.9. The summed E-state index contributed by atoms with van der Waals surface area (Å²) >= 11 is 3.48. The fraction of sp³-hybridized carbons (Fsp3) is 0.357. The number of nitrogens with one attached hydrogen (secondary N) is 1. The maximum absolute atomic E-state index is 5.69. The van der Waals surface area contributed by atoms with Crippen LogP contribution >= 0.6 is 15.9 Å². The lowest BCUT2D eigenvalue weighted by molar-refractivity contribution is 0.247. The second kappa shape index (κ2) is 6.73. The minimum absolute atomic E-state index is 0.376. The van der Waals surface area contributed by atoms with Gasteiger partial charge in [0.25, 0.3) is 0 Å². The van der Waals surface area contributed by atoms with Crippen molar-refractivity contribution < 1.29 is 9.26 Å². The van der Waals surface area contributed by atoms with Gasteiger partial charge in [-0.05, 0) is 47.1 Å². The molecular formula is C14H17BrN2O2. The van der Waals surface area contributed by atoms with E-state index < -0.39 is 0 Å². The summed E-state index contributed by atoms with van der Waals surface area (Å²) in [6, 6.07) is 7.88. The molecule has 19 heavy (non-hydrogen) atoms. The first-order valence-corrected chi connectivity index (χ1v) is 7.02. The normalized spacial score (nSPS) is 10.7. The molecule has 0 spiro atoms. The summed E-state index contributed by atoms with van der Waals surface area (Å²) in [4.78, 5) is 0. The molecule has 0 amide bonds. The zero-order valence-electron chi connectivity index (χ0n) is 11.1. The molecule has 0 saturated carbocycles. The molecule has 0 aliphatic heterocycles. The molecule has 1 aromatic heterocycles. The number of hydrogen-bond acceptors (Lipinski definition) is 4. The summed E-state index contributed by atoms with van der Waals surface area (Å²) in [5.41, 5.74) is 2.08. The van der Waals surface area contributed by atoms with Crippen LogP contribution in [0, 0.1) is 6.92 Å². The number of rotatable bonds is 6. The fourth-order valence-corrected chi connectivity index (χ4v) is 2.24. The molecule has 0 aliphatic rings. The first-order valence-electron chi connectivity index (χ1n) is 6.23. The molecule has 2 aromatic rings. The van der Waals surface area contributed by atoms with Crippen molar-refractivity contribution in [3.05, 3.63) is 45.8 Å². The summed E-state index contributed by atoms with van der Waals surface area (Å²) in [6.07, 6.45) is 0. The topological polar surface area (TPSA) is 47.3 Å². The van der Waals surface area contributed by atoms with E-state index in [-0.39, 0.29) is 0 Å². The number of nitrogens with zero attached hydrogens (tertiary/aromatic N) is 1. The van der Waals surface area contributed by atoms with Gasteiger partial charge in [-0.1, -0.05) is 18.1 Å². The van der Waals surface area contributed by atoms with Gasteiger partial charge in [0.1, 0.15) is 12.4 Å². The molecule has 0 unspecified atom stereocenters. The molecule has 0 aliphatic carbocycles. The number of aromatic nitrogens is 1. The minimum atomic E-state index is 0.376. The summed E-state index contributed by atoms with van der Waals surface area (Å²) in [5, 5.41) is 7.17. The molecule has 4 nitrogen and oxygen atoms in total. The second-order valence-electron chi connectivity index (χ2n) is 4.29. The highest BCUT2D eigenvalue weighted by Gasteiger charge is 2.06. The maximum Gasteiger partial charge on any atom is 0.174 e. The van der Waals surface area contributed by atoms with Crippen LogP contribution in [0.1, 0.15) is 23.9 Å². The third-order valence-corrected chi connectivity index (χ3v) is 3.24. The fourth-order valence-electron chi connectivity index (χ4n) is 1.63. The van der Waals surface area contributed by atoms with Crippen LogP contribution in [0.4, 0.5) is 0 Å². The Morgan fingerprint density at radius 3 is 2.95 bits per heavy atom. The smallest absolute Gasteiger partial charge is 0.174 e. The van der Waals surface area contributed by atoms with E-state index in [1.807, 2.05) is 31.2 Å². The highest BCUT2D eigenvalue weighted by molar-refractivity contribution is 9.10. The average Bonchev–Trinajstić information content (AvgIpc) is 2.83. The molecule has 0 bridgehead atoms. The van der Waals surface area contributed by atoms with Crippen molar-refractivity contribution in [1.29, 1.82) is 0 Å². The maximum atomic E-state index is 5.69. The van der Waals surface area contributed by atoms with Crippen molar-refractivity contribution in [3.8, 4) is 5.75 Å². The van der Waals surface area contributed by atoms with Gasteiger partial charge < -0.3 is 14.6 Å². The van der Waals surface area contributed by atoms with Crippen molar-refractivity contribution in [2.45, 2.75) is 27.0 Å². The van der Waals surface area contributed by atoms with E-state index in [1.165, 1.54) is 5.56 Å². The molecule has 0 saturated heterocycles. The van der Waals surface area contributed by atoms with E-state index in [0.29, 0.717) is 13.2 Å². The molecule has 5 heteroatoms. The lowest BCUT2D eigenvalue weighted by Gasteiger charge is -2.06. The Kier molecular flexibility index (Phi) is 4.99. The molecule has 0 radical (unpaired) electrons. The van der Waals surface area contributed by atoms with Gasteiger partial charge >= 0.3 is 0 Å². The Morgan fingerprint density at radius 2 is 2.21 bits per heavy atom. The highest BCUT2D eigenvalue weighted by Crippen LogP contribution is 2.26. The van der Waals surface area contributed by atoms with Crippen LogP contribution in [0.2, 0.25) is 0 Å². The molecule has 0 fully saturated rings. The molecular weight excluding hydrogens is 308 g/mol. The number of benzene rings is 1. The Morgan fingerprint density at radius 1 is 1.37 bits per heavy atom. The van der Waals surface area contributed by atoms with Crippen LogP contribution in [0.5, 0.6) is 5.75 Å². The molecule has 2 rings (SSSR count). The number of halogens is 1. The van der Waals surface area contributed by atoms with Gasteiger partial charge in [-0.15, -0.1) is 0 Å². The van der Waals surface area contributed by atoms with Crippen LogP contribution in [-0.2, 0) is 13.2 Å². The van der Waals surface area contributed by atoms with E-state index in [2.05, 4.69) is 33.3 Å². The SMILES string of the molecule is CCNCc1cc(COc2ccc(C)cc2Br)on1.